The van der Waals surface area contributed by atoms with Crippen LogP contribution >= 0.6 is 0 Å². The first kappa shape index (κ1) is 14.0. The second-order valence-electron chi connectivity index (χ2n) is 7.12. The van der Waals surface area contributed by atoms with Crippen LogP contribution in [0.3, 0.4) is 0 Å². The Morgan fingerprint density at radius 1 is 1.33 bits per heavy atom. The summed E-state index contributed by atoms with van der Waals surface area (Å²) in [6.45, 7) is 9.17. The van der Waals surface area contributed by atoms with Crippen molar-refractivity contribution in [3.8, 4) is 0 Å². The minimum atomic E-state index is 0.461. The molecule has 2 fully saturated rings. The molecule has 2 rings (SSSR count). The van der Waals surface area contributed by atoms with Crippen molar-refractivity contribution in [1.29, 1.82) is 0 Å². The lowest BCUT2D eigenvalue weighted by Gasteiger charge is -2.41. The van der Waals surface area contributed by atoms with Crippen LogP contribution < -0.4 is 0 Å². The van der Waals surface area contributed by atoms with E-state index in [-0.39, 0.29) is 0 Å². The topological polar surface area (TPSA) is 20.3 Å². The van der Waals surface area contributed by atoms with Crippen LogP contribution in [0.15, 0.2) is 0 Å². The molecular weight excluding hydrogens is 222 g/mol. The monoisotopic (exact) mass is 251 g/mol. The second-order valence-corrected chi connectivity index (χ2v) is 7.12. The number of nitrogens with zero attached hydrogens (tertiary/aromatic N) is 1. The van der Waals surface area contributed by atoms with Gasteiger partial charge in [-0.15, -0.1) is 0 Å². The Morgan fingerprint density at radius 2 is 2.00 bits per heavy atom. The second kappa shape index (κ2) is 5.73. The van der Waals surface area contributed by atoms with Crippen molar-refractivity contribution in [2.75, 3.05) is 13.1 Å². The molecule has 2 nitrogen and oxygen atoms in total. The first-order chi connectivity index (χ1) is 8.51. The van der Waals surface area contributed by atoms with Gasteiger partial charge in [0.1, 0.15) is 5.78 Å². The van der Waals surface area contributed by atoms with Crippen LogP contribution in [0.1, 0.15) is 65.7 Å². The van der Waals surface area contributed by atoms with E-state index < -0.39 is 0 Å². The molecule has 0 N–H and O–H groups in total. The Balaban J connectivity index is 1.98. The molecule has 104 valence electrons. The Kier molecular flexibility index (Phi) is 4.47. The highest BCUT2D eigenvalue weighted by Gasteiger charge is 2.38. The number of rotatable bonds is 4. The maximum Gasteiger partial charge on any atom is 0.135 e. The molecule has 1 aliphatic heterocycles. The van der Waals surface area contributed by atoms with Crippen molar-refractivity contribution in [3.05, 3.63) is 0 Å². The van der Waals surface area contributed by atoms with Gasteiger partial charge in [0.25, 0.3) is 0 Å². The van der Waals surface area contributed by atoms with E-state index in [0.717, 1.165) is 25.3 Å². The molecule has 1 saturated heterocycles. The molecular formula is C16H29NO. The van der Waals surface area contributed by atoms with Gasteiger partial charge >= 0.3 is 0 Å². The van der Waals surface area contributed by atoms with Crippen LogP contribution in [0.2, 0.25) is 0 Å². The fourth-order valence-corrected chi connectivity index (χ4v) is 4.13. The zero-order chi connectivity index (χ0) is 13.2. The van der Waals surface area contributed by atoms with E-state index in [1.165, 1.54) is 38.6 Å². The number of carbonyl (C=O) groups is 1. The van der Waals surface area contributed by atoms with Crippen LogP contribution in [0, 0.1) is 11.3 Å². The lowest BCUT2D eigenvalue weighted by molar-refractivity contribution is -0.123. The van der Waals surface area contributed by atoms with Gasteiger partial charge in [0.15, 0.2) is 0 Å². The van der Waals surface area contributed by atoms with Crippen LogP contribution in [0.5, 0.6) is 0 Å². The molecule has 1 aliphatic carbocycles. The summed E-state index contributed by atoms with van der Waals surface area (Å²) < 4.78 is 0. The fraction of sp³-hybridized carbons (Fsp3) is 0.938. The van der Waals surface area contributed by atoms with Crippen molar-refractivity contribution in [2.45, 2.75) is 71.8 Å². The van der Waals surface area contributed by atoms with Gasteiger partial charge < -0.3 is 0 Å². The number of carbonyl (C=O) groups excluding carboxylic acids is 1. The number of likely N-dealkylation sites (tertiary alicyclic amines) is 1. The zero-order valence-corrected chi connectivity index (χ0v) is 12.4. The number of piperidine rings is 1. The summed E-state index contributed by atoms with van der Waals surface area (Å²) in [7, 11) is 0. The minimum Gasteiger partial charge on any atom is -0.300 e. The molecule has 0 aromatic rings. The Hall–Kier alpha value is -0.370. The third-order valence-corrected chi connectivity index (χ3v) is 4.87. The molecule has 0 aromatic heterocycles. The Morgan fingerprint density at radius 3 is 2.56 bits per heavy atom. The quantitative estimate of drug-likeness (QED) is 0.760. The highest BCUT2D eigenvalue weighted by atomic mass is 16.1. The molecule has 0 amide bonds. The average Bonchev–Trinajstić information content (AvgIpc) is 2.70. The van der Waals surface area contributed by atoms with Gasteiger partial charge in [-0.25, -0.2) is 0 Å². The normalized spacial score (nSPS) is 29.1. The van der Waals surface area contributed by atoms with Gasteiger partial charge in [-0.05, 0) is 37.5 Å². The predicted molar refractivity (Wildman–Crippen MR) is 75.6 cm³/mol. The van der Waals surface area contributed by atoms with Crippen LogP contribution in [-0.4, -0.2) is 29.8 Å². The zero-order valence-electron chi connectivity index (χ0n) is 12.4. The van der Waals surface area contributed by atoms with Gasteiger partial charge in [0.2, 0.25) is 0 Å². The highest BCUT2D eigenvalue weighted by Crippen LogP contribution is 2.44. The highest BCUT2D eigenvalue weighted by molar-refractivity contribution is 5.79. The summed E-state index contributed by atoms with van der Waals surface area (Å²) in [4.78, 5) is 14.1. The van der Waals surface area contributed by atoms with Gasteiger partial charge in [-0.2, -0.15) is 0 Å². The standard InChI is InChI=1S/C16H29NO/c1-13(2)11-16(7-4-5-8-16)12-17-9-6-15(18)10-14(17)3/h13-14H,4-12H2,1-3H3. The third kappa shape index (κ3) is 3.34. The number of hydrogen-bond acceptors (Lipinski definition) is 2. The first-order valence-electron chi connectivity index (χ1n) is 7.76. The van der Waals surface area contributed by atoms with E-state index in [1.54, 1.807) is 0 Å². The van der Waals surface area contributed by atoms with Gasteiger partial charge in [0.05, 0.1) is 0 Å². The summed E-state index contributed by atoms with van der Waals surface area (Å²) in [5, 5.41) is 0. The average molecular weight is 251 g/mol. The SMILES string of the molecule is CC(C)CC1(CN2CCC(=O)CC2C)CCCC1. The van der Waals surface area contributed by atoms with Gasteiger partial charge in [0, 0.05) is 32.0 Å². The molecule has 0 aromatic carbocycles. The lowest BCUT2D eigenvalue weighted by atomic mass is 9.77. The van der Waals surface area contributed by atoms with Crippen molar-refractivity contribution in [3.63, 3.8) is 0 Å². The molecule has 0 spiro atoms. The Labute approximate surface area is 112 Å². The van der Waals surface area contributed by atoms with Crippen LogP contribution in [-0.2, 0) is 4.79 Å². The van der Waals surface area contributed by atoms with Crippen LogP contribution in [0.4, 0.5) is 0 Å². The largest absolute Gasteiger partial charge is 0.300 e. The Bertz CT molecular complexity index is 291. The van der Waals surface area contributed by atoms with Crippen LogP contribution in [0.25, 0.3) is 0 Å². The fourth-order valence-electron chi connectivity index (χ4n) is 4.13. The van der Waals surface area contributed by atoms with E-state index in [2.05, 4.69) is 25.7 Å². The maximum absolute atomic E-state index is 11.5. The summed E-state index contributed by atoms with van der Waals surface area (Å²) >= 11 is 0. The van der Waals surface area contributed by atoms with E-state index >= 15 is 0 Å². The molecule has 0 bridgehead atoms. The van der Waals surface area contributed by atoms with Gasteiger partial charge in [-0.3, -0.25) is 9.69 Å². The smallest absolute Gasteiger partial charge is 0.135 e. The van der Waals surface area contributed by atoms with E-state index in [9.17, 15) is 4.79 Å². The summed E-state index contributed by atoms with van der Waals surface area (Å²) in [5.74, 6) is 1.26. The maximum atomic E-state index is 11.5. The summed E-state index contributed by atoms with van der Waals surface area (Å²) in [6.07, 6.45) is 8.55. The summed E-state index contributed by atoms with van der Waals surface area (Å²) in [6, 6.07) is 0.468. The molecule has 1 saturated carbocycles. The van der Waals surface area contributed by atoms with E-state index in [4.69, 9.17) is 0 Å². The minimum absolute atomic E-state index is 0.461. The molecule has 2 aliphatic rings. The van der Waals surface area contributed by atoms with E-state index in [0.29, 0.717) is 17.2 Å². The molecule has 1 heterocycles. The lowest BCUT2D eigenvalue weighted by Crippen LogP contribution is -2.46. The summed E-state index contributed by atoms with van der Waals surface area (Å²) in [5.41, 5.74) is 0.558. The van der Waals surface area contributed by atoms with Gasteiger partial charge in [-0.1, -0.05) is 26.7 Å². The first-order valence-corrected chi connectivity index (χ1v) is 7.76. The van der Waals surface area contributed by atoms with Crippen molar-refractivity contribution in [1.82, 2.24) is 4.90 Å². The number of hydrogen-bond donors (Lipinski definition) is 0. The predicted octanol–water partition coefficient (Wildman–Crippen LogP) is 3.65. The number of Topliss-reactive ketones (excluding diaryl/α,β-unsaturated/α-hetero) is 1. The molecule has 1 atom stereocenters. The van der Waals surface area contributed by atoms with Crippen molar-refractivity contribution < 1.29 is 4.79 Å². The van der Waals surface area contributed by atoms with Crippen molar-refractivity contribution in [2.24, 2.45) is 11.3 Å². The van der Waals surface area contributed by atoms with E-state index in [1.807, 2.05) is 0 Å². The molecule has 0 radical (unpaired) electrons. The molecule has 1 unspecified atom stereocenters. The third-order valence-electron chi connectivity index (χ3n) is 4.87. The van der Waals surface area contributed by atoms with Crippen molar-refractivity contribution >= 4 is 5.78 Å². The molecule has 2 heteroatoms. The number of ketones is 1. The molecule has 18 heavy (non-hydrogen) atoms.